The molecule has 2 N–H and O–H groups in total. The van der Waals surface area contributed by atoms with Crippen molar-refractivity contribution in [3.8, 4) is 17.6 Å². The summed E-state index contributed by atoms with van der Waals surface area (Å²) >= 11 is 0. The van der Waals surface area contributed by atoms with Crippen molar-refractivity contribution in [3.05, 3.63) is 75.8 Å². The van der Waals surface area contributed by atoms with Crippen molar-refractivity contribution in [2.24, 2.45) is 5.73 Å². The van der Waals surface area contributed by atoms with E-state index in [0.29, 0.717) is 28.4 Å². The highest BCUT2D eigenvalue weighted by molar-refractivity contribution is 7.95. The van der Waals surface area contributed by atoms with Gasteiger partial charge in [-0.3, -0.25) is 4.90 Å². The Bertz CT molecular complexity index is 1260. The van der Waals surface area contributed by atoms with E-state index in [9.17, 15) is 18.1 Å². The predicted molar refractivity (Wildman–Crippen MR) is 113 cm³/mol. The molecule has 31 heavy (non-hydrogen) atoms. The van der Waals surface area contributed by atoms with E-state index in [1.165, 1.54) is 43.4 Å². The largest absolute Gasteiger partial charge is 0.493 e. The molecular formula is C22H20FN3O4S. The third-order valence-corrected chi connectivity index (χ3v) is 7.39. The molecule has 0 amide bonds. The predicted octanol–water partition coefficient (Wildman–Crippen LogP) is 3.17. The van der Waals surface area contributed by atoms with Crippen LogP contribution in [-0.2, 0) is 9.84 Å². The zero-order valence-electron chi connectivity index (χ0n) is 16.9. The summed E-state index contributed by atoms with van der Waals surface area (Å²) in [5.74, 6) is -0.386. The monoisotopic (exact) mass is 441 g/mol. The second-order valence-corrected chi connectivity index (χ2v) is 9.23. The van der Waals surface area contributed by atoms with Crippen LogP contribution >= 0.6 is 0 Å². The lowest BCUT2D eigenvalue weighted by Crippen LogP contribution is -2.34. The van der Waals surface area contributed by atoms with Gasteiger partial charge in [-0.25, -0.2) is 12.8 Å². The fourth-order valence-electron chi connectivity index (χ4n) is 4.11. The molecule has 9 heteroatoms. The minimum Gasteiger partial charge on any atom is -0.493 e. The van der Waals surface area contributed by atoms with Gasteiger partial charge < -0.3 is 15.2 Å². The number of hydrogen-bond acceptors (Lipinski definition) is 7. The van der Waals surface area contributed by atoms with Crippen LogP contribution in [-0.4, -0.2) is 28.4 Å². The summed E-state index contributed by atoms with van der Waals surface area (Å²) in [5.41, 5.74) is 8.03. The van der Waals surface area contributed by atoms with E-state index in [-0.39, 0.29) is 28.5 Å². The van der Waals surface area contributed by atoms with Gasteiger partial charge in [-0.1, -0.05) is 6.07 Å². The van der Waals surface area contributed by atoms with Crippen molar-refractivity contribution in [1.29, 1.82) is 5.26 Å². The Hall–Kier alpha value is -3.51. The van der Waals surface area contributed by atoms with Gasteiger partial charge in [0.1, 0.15) is 11.6 Å². The quantitative estimate of drug-likeness (QED) is 0.777. The second-order valence-electron chi connectivity index (χ2n) is 7.15. The van der Waals surface area contributed by atoms with Gasteiger partial charge in [-0.2, -0.15) is 5.26 Å². The third kappa shape index (κ3) is 3.29. The maximum Gasteiger partial charge on any atom is 0.177 e. The zero-order chi connectivity index (χ0) is 22.3. The Labute approximate surface area is 179 Å². The molecular weight excluding hydrogens is 421 g/mol. The Kier molecular flexibility index (Phi) is 5.11. The molecule has 0 spiro atoms. The molecule has 7 nitrogen and oxygen atoms in total. The van der Waals surface area contributed by atoms with E-state index in [2.05, 4.69) is 6.07 Å². The minimum absolute atomic E-state index is 0.0921. The van der Waals surface area contributed by atoms with Gasteiger partial charge in [0.2, 0.25) is 0 Å². The van der Waals surface area contributed by atoms with Crippen molar-refractivity contribution in [1.82, 2.24) is 0 Å². The SMILES string of the molecule is COc1ccc([C@@H]2C(C#N)=C(N)N(c3ccc(F)cc3)C3=C2S(=O)(=O)CC3)cc1OC. The fourth-order valence-corrected chi connectivity index (χ4v) is 5.96. The van der Waals surface area contributed by atoms with Crippen LogP contribution in [0.25, 0.3) is 0 Å². The van der Waals surface area contributed by atoms with Gasteiger partial charge in [-0.05, 0) is 42.0 Å². The van der Waals surface area contributed by atoms with Gasteiger partial charge in [0, 0.05) is 17.8 Å². The number of sulfone groups is 1. The topological polar surface area (TPSA) is 106 Å². The second kappa shape index (κ2) is 7.63. The number of nitrogens with two attached hydrogens (primary N) is 1. The molecule has 0 aromatic heterocycles. The Morgan fingerprint density at radius 2 is 1.81 bits per heavy atom. The number of allylic oxidation sites excluding steroid dienone is 3. The summed E-state index contributed by atoms with van der Waals surface area (Å²) in [6.45, 7) is 0. The number of methoxy groups -OCH3 is 2. The van der Waals surface area contributed by atoms with Crippen LogP contribution in [0.4, 0.5) is 10.1 Å². The van der Waals surface area contributed by atoms with Crippen molar-refractivity contribution in [2.45, 2.75) is 12.3 Å². The van der Waals surface area contributed by atoms with Crippen molar-refractivity contribution in [2.75, 3.05) is 24.9 Å². The van der Waals surface area contributed by atoms with Gasteiger partial charge in [0.25, 0.3) is 0 Å². The smallest absolute Gasteiger partial charge is 0.177 e. The first-order chi connectivity index (χ1) is 14.8. The molecule has 2 heterocycles. The number of halogens is 1. The molecule has 2 aliphatic heterocycles. The standard InChI is InChI=1S/C22H20FN3O4S/c1-29-18-8-3-13(11-19(18)30-2)20-16(12-24)22(25)26(15-6-4-14(23)5-7-15)17-9-10-31(27,28)21(17)20/h3-8,11,20H,9-10,25H2,1-2H3/t20-/m1/s1. The summed E-state index contributed by atoms with van der Waals surface area (Å²) in [4.78, 5) is 1.67. The lowest BCUT2D eigenvalue weighted by molar-refractivity contribution is 0.354. The van der Waals surface area contributed by atoms with E-state index >= 15 is 0 Å². The molecule has 0 aliphatic carbocycles. The molecule has 4 rings (SSSR count). The highest BCUT2D eigenvalue weighted by Gasteiger charge is 2.45. The zero-order valence-corrected chi connectivity index (χ0v) is 17.7. The fraction of sp³-hybridized carbons (Fsp3) is 0.227. The number of ether oxygens (including phenoxy) is 2. The van der Waals surface area contributed by atoms with Crippen LogP contribution in [0, 0.1) is 17.1 Å². The molecule has 0 fully saturated rings. The van der Waals surface area contributed by atoms with E-state index in [1.54, 1.807) is 18.2 Å². The first kappa shape index (κ1) is 20.8. The maximum atomic E-state index is 13.5. The van der Waals surface area contributed by atoms with Crippen LogP contribution < -0.4 is 20.1 Å². The maximum absolute atomic E-state index is 13.5. The summed E-state index contributed by atoms with van der Waals surface area (Å²) in [6.07, 6.45) is 0.234. The summed E-state index contributed by atoms with van der Waals surface area (Å²) in [7, 11) is -0.668. The molecule has 160 valence electrons. The van der Waals surface area contributed by atoms with E-state index in [0.717, 1.165) is 0 Å². The molecule has 0 radical (unpaired) electrons. The number of anilines is 1. The first-order valence-corrected chi connectivity index (χ1v) is 11.1. The lowest BCUT2D eigenvalue weighted by atomic mass is 9.87. The molecule has 0 saturated heterocycles. The van der Waals surface area contributed by atoms with Gasteiger partial charge in [-0.15, -0.1) is 0 Å². The van der Waals surface area contributed by atoms with Crippen molar-refractivity contribution in [3.63, 3.8) is 0 Å². The molecule has 2 aromatic carbocycles. The summed E-state index contributed by atoms with van der Waals surface area (Å²) < 4.78 is 50.3. The van der Waals surface area contributed by atoms with Gasteiger partial charge >= 0.3 is 0 Å². The van der Waals surface area contributed by atoms with Gasteiger partial charge in [0.15, 0.2) is 21.3 Å². The van der Waals surface area contributed by atoms with Crippen molar-refractivity contribution < 1.29 is 22.3 Å². The molecule has 1 atom stereocenters. The highest BCUT2D eigenvalue weighted by Crippen LogP contribution is 2.49. The van der Waals surface area contributed by atoms with E-state index in [1.807, 2.05) is 0 Å². The molecule has 0 saturated carbocycles. The van der Waals surface area contributed by atoms with Crippen LogP contribution in [0.3, 0.4) is 0 Å². The number of rotatable bonds is 4. The van der Waals surface area contributed by atoms with Crippen LogP contribution in [0.5, 0.6) is 11.5 Å². The first-order valence-electron chi connectivity index (χ1n) is 9.45. The Balaban J connectivity index is 1.97. The lowest BCUT2D eigenvalue weighted by Gasteiger charge is -2.35. The van der Waals surface area contributed by atoms with E-state index in [4.69, 9.17) is 15.2 Å². The normalized spacial score (nSPS) is 19.8. The molecule has 2 aliphatic rings. The number of nitriles is 1. The number of benzene rings is 2. The summed E-state index contributed by atoms with van der Waals surface area (Å²) in [5, 5.41) is 9.97. The van der Waals surface area contributed by atoms with Crippen LogP contribution in [0.1, 0.15) is 17.9 Å². The average Bonchev–Trinajstić information content (AvgIpc) is 3.08. The third-order valence-electron chi connectivity index (χ3n) is 5.51. The van der Waals surface area contributed by atoms with Crippen LogP contribution in [0.2, 0.25) is 0 Å². The minimum atomic E-state index is -3.64. The number of nitrogens with zero attached hydrogens (tertiary/aromatic N) is 2. The van der Waals surface area contributed by atoms with E-state index < -0.39 is 21.6 Å². The highest BCUT2D eigenvalue weighted by atomic mass is 32.2. The molecule has 0 bridgehead atoms. The summed E-state index contributed by atoms with van der Waals surface area (Å²) in [6, 6.07) is 12.6. The van der Waals surface area contributed by atoms with Crippen LogP contribution in [0.15, 0.2) is 64.5 Å². The van der Waals surface area contributed by atoms with Gasteiger partial charge in [0.05, 0.1) is 42.4 Å². The average molecular weight is 441 g/mol. The Morgan fingerprint density at radius 1 is 1.13 bits per heavy atom. The number of hydrogen-bond donors (Lipinski definition) is 1. The molecule has 0 unspecified atom stereocenters. The molecule has 2 aromatic rings. The Morgan fingerprint density at radius 3 is 2.42 bits per heavy atom. The van der Waals surface area contributed by atoms with Crippen molar-refractivity contribution >= 4 is 15.5 Å².